The number of nitrogens with one attached hydrogen (secondary N) is 2. The molecule has 0 bridgehead atoms. The van der Waals surface area contributed by atoms with Gasteiger partial charge in [0.05, 0.1) is 12.2 Å². The highest BCUT2D eigenvalue weighted by Crippen LogP contribution is 2.46. The number of urea groups is 1. The van der Waals surface area contributed by atoms with Crippen molar-refractivity contribution in [3.63, 3.8) is 0 Å². The topological polar surface area (TPSA) is 96.3 Å². The van der Waals surface area contributed by atoms with Gasteiger partial charge in [0.2, 0.25) is 5.91 Å². The van der Waals surface area contributed by atoms with Crippen LogP contribution in [0.15, 0.2) is 30.3 Å². The van der Waals surface area contributed by atoms with Crippen molar-refractivity contribution in [1.82, 2.24) is 25.3 Å². The van der Waals surface area contributed by atoms with Gasteiger partial charge in [-0.3, -0.25) is 19.2 Å². The first-order valence-corrected chi connectivity index (χ1v) is 12.0. The first-order chi connectivity index (χ1) is 16.0. The highest BCUT2D eigenvalue weighted by molar-refractivity contribution is 6.09. The third kappa shape index (κ3) is 4.72. The summed E-state index contributed by atoms with van der Waals surface area (Å²) in [6, 6.07) is 9.60. The van der Waals surface area contributed by atoms with Crippen LogP contribution in [0.3, 0.4) is 0 Å². The van der Waals surface area contributed by atoms with Gasteiger partial charge in [0, 0.05) is 17.8 Å². The number of benzene rings is 1. The number of aromatic nitrogens is 2. The Morgan fingerprint density at radius 3 is 2.56 bits per heavy atom. The Bertz CT molecular complexity index is 1110. The number of imide groups is 1. The summed E-state index contributed by atoms with van der Waals surface area (Å²) in [5.74, 6) is -0.325. The van der Waals surface area contributed by atoms with Crippen LogP contribution in [0, 0.1) is 25.2 Å². The monoisotopic (exact) mass is 465 g/mol. The van der Waals surface area contributed by atoms with E-state index in [4.69, 9.17) is 0 Å². The zero-order valence-electron chi connectivity index (χ0n) is 20.8. The van der Waals surface area contributed by atoms with E-state index in [0.29, 0.717) is 31.8 Å². The third-order valence-electron chi connectivity index (χ3n) is 7.09. The van der Waals surface area contributed by atoms with E-state index in [-0.39, 0.29) is 23.8 Å². The molecule has 1 aliphatic carbocycles. The first-order valence-electron chi connectivity index (χ1n) is 12.0. The Labute approximate surface area is 201 Å². The van der Waals surface area contributed by atoms with E-state index in [1.807, 2.05) is 36.7 Å². The van der Waals surface area contributed by atoms with E-state index >= 15 is 0 Å². The van der Waals surface area contributed by atoms with Crippen LogP contribution < -0.4 is 10.6 Å². The number of rotatable bonds is 6. The second-order valence-electron chi connectivity index (χ2n) is 10.8. The molecule has 2 aliphatic rings. The summed E-state index contributed by atoms with van der Waals surface area (Å²) in [6.07, 6.45) is 2.21. The Kier molecular flexibility index (Phi) is 6.27. The third-order valence-corrected chi connectivity index (χ3v) is 7.09. The lowest BCUT2D eigenvalue weighted by atomic mass is 9.64. The van der Waals surface area contributed by atoms with E-state index < -0.39 is 11.6 Å². The Morgan fingerprint density at radius 1 is 1.18 bits per heavy atom. The maximum absolute atomic E-state index is 13.3. The fourth-order valence-electron chi connectivity index (χ4n) is 5.94. The molecule has 2 N–H and O–H groups in total. The van der Waals surface area contributed by atoms with Gasteiger partial charge in [-0.1, -0.05) is 51.1 Å². The van der Waals surface area contributed by atoms with Crippen LogP contribution in [0.2, 0.25) is 0 Å². The molecule has 4 rings (SSSR count). The average molecular weight is 466 g/mol. The summed E-state index contributed by atoms with van der Waals surface area (Å²) < 4.78 is 1.93. The number of nitrogens with zero attached hydrogens (tertiary/aromatic N) is 3. The summed E-state index contributed by atoms with van der Waals surface area (Å²) >= 11 is 0. The van der Waals surface area contributed by atoms with Crippen LogP contribution in [0.1, 0.15) is 62.5 Å². The minimum absolute atomic E-state index is 0.0478. The minimum atomic E-state index is -0.899. The van der Waals surface area contributed by atoms with E-state index in [1.165, 1.54) is 0 Å². The number of hydrogen-bond acceptors (Lipinski definition) is 4. The maximum atomic E-state index is 13.3. The molecule has 0 radical (unpaired) electrons. The summed E-state index contributed by atoms with van der Waals surface area (Å²) in [5, 5.41) is 10.4. The highest BCUT2D eigenvalue weighted by Gasteiger charge is 2.56. The van der Waals surface area contributed by atoms with Crippen LogP contribution in [-0.2, 0) is 22.7 Å². The first kappa shape index (κ1) is 24.0. The molecule has 1 aliphatic heterocycles. The standard InChI is InChI=1S/C26H35N5O3/c1-17-11-25(4,5)16-26(12-17)23(33)30(24(34)28-26)15-22(32)27-13-21-18(2)29-31(19(21)3)14-20-9-7-6-8-10-20/h6-10,17H,11-16H2,1-5H3,(H,27,32)(H,28,34)/t17-,26+/m0/s1. The Hall–Kier alpha value is -3.16. The van der Waals surface area contributed by atoms with E-state index in [1.54, 1.807) is 0 Å². The largest absolute Gasteiger partial charge is 0.350 e. The van der Waals surface area contributed by atoms with Crippen molar-refractivity contribution in [1.29, 1.82) is 0 Å². The lowest BCUT2D eigenvalue weighted by Crippen LogP contribution is -2.54. The van der Waals surface area contributed by atoms with Gasteiger partial charge in [0.1, 0.15) is 12.1 Å². The lowest BCUT2D eigenvalue weighted by molar-refractivity contribution is -0.137. The number of carbonyl (C=O) groups is 3. The smallest absolute Gasteiger partial charge is 0.325 e. The maximum Gasteiger partial charge on any atom is 0.325 e. The summed E-state index contributed by atoms with van der Waals surface area (Å²) in [7, 11) is 0. The van der Waals surface area contributed by atoms with E-state index in [2.05, 4.69) is 48.6 Å². The molecular formula is C26H35N5O3. The molecule has 34 heavy (non-hydrogen) atoms. The second-order valence-corrected chi connectivity index (χ2v) is 10.8. The minimum Gasteiger partial charge on any atom is -0.350 e. The molecule has 4 amide bonds. The van der Waals surface area contributed by atoms with Crippen molar-refractivity contribution >= 4 is 17.8 Å². The molecule has 2 heterocycles. The fraction of sp³-hybridized carbons (Fsp3) is 0.538. The van der Waals surface area contributed by atoms with E-state index in [9.17, 15) is 14.4 Å². The van der Waals surface area contributed by atoms with Gasteiger partial charge in [-0.25, -0.2) is 4.79 Å². The van der Waals surface area contributed by atoms with Crippen molar-refractivity contribution in [2.45, 2.75) is 72.5 Å². The van der Waals surface area contributed by atoms with Gasteiger partial charge in [0.15, 0.2) is 0 Å². The van der Waals surface area contributed by atoms with Crippen molar-refractivity contribution in [2.24, 2.45) is 11.3 Å². The fourth-order valence-corrected chi connectivity index (χ4v) is 5.94. The molecule has 1 saturated carbocycles. The molecule has 1 saturated heterocycles. The van der Waals surface area contributed by atoms with Crippen LogP contribution in [-0.4, -0.2) is 44.6 Å². The number of hydrogen-bond donors (Lipinski definition) is 2. The zero-order chi connectivity index (χ0) is 24.7. The van der Waals surface area contributed by atoms with Gasteiger partial charge in [-0.05, 0) is 50.0 Å². The van der Waals surface area contributed by atoms with Crippen LogP contribution in [0.25, 0.3) is 0 Å². The Balaban J connectivity index is 1.39. The average Bonchev–Trinajstić information content (AvgIpc) is 3.12. The summed E-state index contributed by atoms with van der Waals surface area (Å²) in [5.41, 5.74) is 2.98. The SMILES string of the molecule is Cc1nn(Cc2ccccc2)c(C)c1CNC(=O)CN1C(=O)N[C@@]2(C[C@@H](C)CC(C)(C)C2)C1=O. The van der Waals surface area contributed by atoms with Crippen LogP contribution in [0.4, 0.5) is 4.79 Å². The number of amides is 4. The molecule has 1 aromatic carbocycles. The van der Waals surface area contributed by atoms with Gasteiger partial charge in [-0.15, -0.1) is 0 Å². The normalized spacial score (nSPS) is 23.9. The van der Waals surface area contributed by atoms with Crippen molar-refractivity contribution < 1.29 is 14.4 Å². The summed E-state index contributed by atoms with van der Waals surface area (Å²) in [6.45, 7) is 10.9. The van der Waals surface area contributed by atoms with E-state index in [0.717, 1.165) is 33.8 Å². The molecule has 2 atom stereocenters. The molecule has 0 unspecified atom stereocenters. The highest BCUT2D eigenvalue weighted by atomic mass is 16.2. The molecule has 1 aromatic heterocycles. The van der Waals surface area contributed by atoms with Crippen LogP contribution >= 0.6 is 0 Å². The molecule has 2 aromatic rings. The van der Waals surface area contributed by atoms with Crippen molar-refractivity contribution in [3.8, 4) is 0 Å². The molecule has 182 valence electrons. The second kappa shape index (κ2) is 8.89. The van der Waals surface area contributed by atoms with Crippen LogP contribution in [0.5, 0.6) is 0 Å². The number of aryl methyl sites for hydroxylation is 1. The molecular weight excluding hydrogens is 430 g/mol. The molecule has 1 spiro atoms. The zero-order valence-corrected chi connectivity index (χ0v) is 20.8. The number of carbonyl (C=O) groups excluding carboxylic acids is 3. The van der Waals surface area contributed by atoms with Gasteiger partial charge < -0.3 is 10.6 Å². The predicted octanol–water partition coefficient (Wildman–Crippen LogP) is 3.30. The van der Waals surface area contributed by atoms with Gasteiger partial charge in [-0.2, -0.15) is 5.10 Å². The van der Waals surface area contributed by atoms with Gasteiger partial charge >= 0.3 is 6.03 Å². The summed E-state index contributed by atoms with van der Waals surface area (Å²) in [4.78, 5) is 39.7. The van der Waals surface area contributed by atoms with Gasteiger partial charge in [0.25, 0.3) is 5.91 Å². The predicted molar refractivity (Wildman–Crippen MR) is 129 cm³/mol. The lowest BCUT2D eigenvalue weighted by Gasteiger charge is -2.43. The molecule has 2 fully saturated rings. The molecule has 8 nitrogen and oxygen atoms in total. The van der Waals surface area contributed by atoms with Crippen molar-refractivity contribution in [2.75, 3.05) is 6.54 Å². The van der Waals surface area contributed by atoms with Crippen molar-refractivity contribution in [3.05, 3.63) is 52.8 Å². The quantitative estimate of drug-likeness (QED) is 0.640. The molecule has 8 heteroatoms. The Morgan fingerprint density at radius 2 is 1.88 bits per heavy atom.